The van der Waals surface area contributed by atoms with E-state index >= 15 is 0 Å². The van der Waals surface area contributed by atoms with Gasteiger partial charge in [-0.15, -0.1) is 0 Å². The lowest BCUT2D eigenvalue weighted by molar-refractivity contribution is 0.306. The Morgan fingerprint density at radius 1 is 0.697 bits per heavy atom. The van der Waals surface area contributed by atoms with Crippen LogP contribution in [0.1, 0.15) is 75.5 Å². The van der Waals surface area contributed by atoms with Crippen molar-refractivity contribution in [3.05, 3.63) is 89.2 Å². The lowest BCUT2D eigenvalue weighted by Gasteiger charge is -2.06. The van der Waals surface area contributed by atoms with E-state index in [2.05, 4.69) is 37.8 Å². The molecule has 0 aliphatic carbocycles. The van der Waals surface area contributed by atoms with E-state index in [1.165, 1.54) is 50.2 Å². The van der Waals surface area contributed by atoms with Crippen molar-refractivity contribution in [2.24, 2.45) is 0 Å². The maximum absolute atomic E-state index is 14.8. The van der Waals surface area contributed by atoms with Gasteiger partial charge in [-0.05, 0) is 66.8 Å². The van der Waals surface area contributed by atoms with Crippen LogP contribution in [0.5, 0.6) is 5.75 Å². The van der Waals surface area contributed by atoms with Gasteiger partial charge in [0.05, 0.1) is 6.61 Å². The Morgan fingerprint density at radius 2 is 1.36 bits per heavy atom. The zero-order valence-corrected chi connectivity index (χ0v) is 20.0. The third-order valence-electron chi connectivity index (χ3n) is 5.78. The fourth-order valence-electron chi connectivity index (χ4n) is 3.75. The smallest absolute Gasteiger partial charge is 0.132 e. The normalized spacial score (nSPS) is 10.5. The van der Waals surface area contributed by atoms with E-state index in [1.54, 1.807) is 0 Å². The van der Waals surface area contributed by atoms with E-state index in [0.29, 0.717) is 11.1 Å². The van der Waals surface area contributed by atoms with Crippen LogP contribution in [0.4, 0.5) is 4.39 Å². The molecule has 0 amide bonds. The van der Waals surface area contributed by atoms with Crippen LogP contribution in [-0.2, 0) is 6.42 Å². The van der Waals surface area contributed by atoms with Crippen molar-refractivity contribution in [1.82, 2.24) is 0 Å². The zero-order valence-electron chi connectivity index (χ0n) is 20.0. The van der Waals surface area contributed by atoms with Crippen LogP contribution in [0.2, 0.25) is 0 Å². The fourth-order valence-corrected chi connectivity index (χ4v) is 3.75. The van der Waals surface area contributed by atoms with Crippen molar-refractivity contribution in [2.45, 2.75) is 65.2 Å². The zero-order chi connectivity index (χ0) is 23.3. The minimum Gasteiger partial charge on any atom is -0.494 e. The minimum absolute atomic E-state index is 0.242. The number of aryl methyl sites for hydroxylation is 1. The van der Waals surface area contributed by atoms with Gasteiger partial charge in [-0.25, -0.2) is 4.39 Å². The molecule has 0 heterocycles. The molecule has 0 radical (unpaired) electrons. The second-order valence-corrected chi connectivity index (χ2v) is 8.53. The lowest BCUT2D eigenvalue weighted by Crippen LogP contribution is -1.96. The highest BCUT2D eigenvalue weighted by Gasteiger charge is 2.06. The van der Waals surface area contributed by atoms with Crippen LogP contribution >= 0.6 is 0 Å². The first-order valence-electron chi connectivity index (χ1n) is 12.3. The van der Waals surface area contributed by atoms with E-state index < -0.39 is 0 Å². The molecule has 2 heteroatoms. The fraction of sp³-hybridized carbons (Fsp3) is 0.355. The van der Waals surface area contributed by atoms with Gasteiger partial charge in [-0.2, -0.15) is 0 Å². The molecule has 33 heavy (non-hydrogen) atoms. The third-order valence-corrected chi connectivity index (χ3v) is 5.78. The topological polar surface area (TPSA) is 9.23 Å². The molecule has 0 aliphatic rings. The molecule has 172 valence electrons. The predicted octanol–water partition coefficient (Wildman–Crippen LogP) is 8.58. The van der Waals surface area contributed by atoms with Crippen LogP contribution in [0.25, 0.3) is 11.1 Å². The molecule has 0 spiro atoms. The molecule has 0 atom stereocenters. The van der Waals surface area contributed by atoms with Crippen molar-refractivity contribution >= 4 is 0 Å². The third kappa shape index (κ3) is 8.10. The van der Waals surface area contributed by atoms with Gasteiger partial charge in [-0.3, -0.25) is 0 Å². The Labute approximate surface area is 199 Å². The number of benzene rings is 3. The summed E-state index contributed by atoms with van der Waals surface area (Å²) in [6.07, 6.45) is 9.55. The Morgan fingerprint density at radius 3 is 2.06 bits per heavy atom. The van der Waals surface area contributed by atoms with Gasteiger partial charge >= 0.3 is 0 Å². The largest absolute Gasteiger partial charge is 0.494 e. The molecule has 0 aliphatic heterocycles. The highest BCUT2D eigenvalue weighted by atomic mass is 19.1. The standard InChI is InChI=1S/C31H35FO/c1-3-5-7-8-10-25-13-18-28(19-14-25)30-22-17-27(24-31(30)32)12-11-26-15-20-29(21-16-26)33-23-9-6-4-2/h13-22,24H,3-10,23H2,1-2H3. The maximum Gasteiger partial charge on any atom is 0.132 e. The number of unbranched alkanes of at least 4 members (excludes halogenated alkanes) is 5. The van der Waals surface area contributed by atoms with Crippen LogP contribution < -0.4 is 4.74 Å². The number of hydrogen-bond donors (Lipinski definition) is 0. The number of hydrogen-bond acceptors (Lipinski definition) is 1. The van der Waals surface area contributed by atoms with E-state index in [-0.39, 0.29) is 5.82 Å². The van der Waals surface area contributed by atoms with E-state index in [4.69, 9.17) is 4.74 Å². The summed E-state index contributed by atoms with van der Waals surface area (Å²) in [6.45, 7) is 5.15. The van der Waals surface area contributed by atoms with Crippen molar-refractivity contribution < 1.29 is 9.13 Å². The van der Waals surface area contributed by atoms with Gasteiger partial charge in [-0.1, -0.05) is 88.1 Å². The summed E-state index contributed by atoms with van der Waals surface area (Å²) in [4.78, 5) is 0. The maximum atomic E-state index is 14.8. The van der Waals surface area contributed by atoms with Crippen LogP contribution in [0.3, 0.4) is 0 Å². The Hall–Kier alpha value is -3.05. The molecule has 0 unspecified atom stereocenters. The molecule has 3 aromatic rings. The SMILES string of the molecule is CCCCCCc1ccc(-c2ccc(C#Cc3ccc(OCCCCC)cc3)cc2F)cc1. The summed E-state index contributed by atoms with van der Waals surface area (Å²) in [5.74, 6) is 6.80. The van der Waals surface area contributed by atoms with Crippen molar-refractivity contribution in [3.63, 3.8) is 0 Å². The number of halogens is 1. The number of ether oxygens (including phenoxy) is 1. The monoisotopic (exact) mass is 442 g/mol. The van der Waals surface area contributed by atoms with Crippen LogP contribution in [0.15, 0.2) is 66.7 Å². The van der Waals surface area contributed by atoms with Crippen molar-refractivity contribution in [2.75, 3.05) is 6.61 Å². The Kier molecular flexibility index (Phi) is 10.0. The Bertz CT molecular complexity index is 1040. The second-order valence-electron chi connectivity index (χ2n) is 8.53. The first-order valence-corrected chi connectivity index (χ1v) is 12.3. The summed E-state index contributed by atoms with van der Waals surface area (Å²) >= 11 is 0. The molecule has 0 saturated carbocycles. The lowest BCUT2D eigenvalue weighted by atomic mass is 9.99. The molecule has 3 rings (SSSR count). The van der Waals surface area contributed by atoms with Crippen LogP contribution in [0, 0.1) is 17.7 Å². The molecule has 0 bridgehead atoms. The van der Waals surface area contributed by atoms with E-state index in [9.17, 15) is 4.39 Å². The van der Waals surface area contributed by atoms with Gasteiger partial charge in [0.1, 0.15) is 11.6 Å². The predicted molar refractivity (Wildman–Crippen MR) is 137 cm³/mol. The van der Waals surface area contributed by atoms with Gasteiger partial charge in [0, 0.05) is 16.7 Å². The number of rotatable bonds is 11. The highest BCUT2D eigenvalue weighted by molar-refractivity contribution is 5.65. The minimum atomic E-state index is -0.242. The molecule has 0 fully saturated rings. The second kappa shape index (κ2) is 13.5. The van der Waals surface area contributed by atoms with Crippen molar-refractivity contribution in [3.8, 4) is 28.7 Å². The van der Waals surface area contributed by atoms with Gasteiger partial charge < -0.3 is 4.74 Å². The Balaban J connectivity index is 1.59. The first kappa shape index (κ1) is 24.6. The molecule has 0 N–H and O–H groups in total. The average molecular weight is 443 g/mol. The highest BCUT2D eigenvalue weighted by Crippen LogP contribution is 2.24. The molecule has 0 aromatic heterocycles. The van der Waals surface area contributed by atoms with Gasteiger partial charge in [0.15, 0.2) is 0 Å². The van der Waals surface area contributed by atoms with Crippen molar-refractivity contribution in [1.29, 1.82) is 0 Å². The van der Waals surface area contributed by atoms with Crippen LogP contribution in [-0.4, -0.2) is 6.61 Å². The summed E-state index contributed by atoms with van der Waals surface area (Å²) in [5.41, 5.74) is 4.38. The molecule has 0 saturated heterocycles. The molecular weight excluding hydrogens is 407 g/mol. The summed E-state index contributed by atoms with van der Waals surface area (Å²) in [6, 6.07) is 21.3. The van der Waals surface area contributed by atoms with E-state index in [0.717, 1.165) is 36.3 Å². The van der Waals surface area contributed by atoms with Gasteiger partial charge in [0.2, 0.25) is 0 Å². The summed E-state index contributed by atoms with van der Waals surface area (Å²) in [7, 11) is 0. The average Bonchev–Trinajstić information content (AvgIpc) is 2.84. The summed E-state index contributed by atoms with van der Waals surface area (Å²) < 4.78 is 20.5. The molecule has 1 nitrogen and oxygen atoms in total. The molecular formula is C31H35FO. The van der Waals surface area contributed by atoms with E-state index in [1.807, 2.05) is 48.5 Å². The summed E-state index contributed by atoms with van der Waals surface area (Å²) in [5, 5.41) is 0. The van der Waals surface area contributed by atoms with Gasteiger partial charge in [0.25, 0.3) is 0 Å². The quantitative estimate of drug-likeness (QED) is 0.213. The first-order chi connectivity index (χ1) is 16.2. The molecule has 3 aromatic carbocycles.